The first kappa shape index (κ1) is 24.2. The van der Waals surface area contributed by atoms with E-state index in [-0.39, 0.29) is 16.9 Å². The van der Waals surface area contributed by atoms with Gasteiger partial charge in [-0.1, -0.05) is 41.4 Å². The van der Waals surface area contributed by atoms with Crippen molar-refractivity contribution in [3.63, 3.8) is 0 Å². The average Bonchev–Trinajstić information content (AvgIpc) is 2.82. The average molecular weight is 494 g/mol. The quantitative estimate of drug-likeness (QED) is 0.557. The molecular formula is C23H23ClF3N5O2. The number of alkyl halides is 3. The van der Waals surface area contributed by atoms with Crippen LogP contribution < -0.4 is 10.9 Å². The number of hydrogen-bond acceptors (Lipinski definition) is 6. The molecule has 1 unspecified atom stereocenters. The summed E-state index contributed by atoms with van der Waals surface area (Å²) in [7, 11) is 0. The Morgan fingerprint density at radius 2 is 1.82 bits per heavy atom. The number of anilines is 1. The van der Waals surface area contributed by atoms with E-state index in [1.54, 1.807) is 0 Å². The zero-order chi connectivity index (χ0) is 24.3. The Kier molecular flexibility index (Phi) is 7.20. The minimum atomic E-state index is -4.53. The number of nitrogens with zero attached hydrogens (tertiary/aromatic N) is 4. The van der Waals surface area contributed by atoms with Gasteiger partial charge in [0.15, 0.2) is 5.82 Å². The van der Waals surface area contributed by atoms with Gasteiger partial charge in [-0.15, -0.1) is 0 Å². The van der Waals surface area contributed by atoms with Crippen molar-refractivity contribution in [2.45, 2.75) is 19.1 Å². The van der Waals surface area contributed by atoms with Gasteiger partial charge in [-0.25, -0.2) is 4.98 Å². The summed E-state index contributed by atoms with van der Waals surface area (Å²) >= 11 is 6.37. The minimum Gasteiger partial charge on any atom is -0.379 e. The number of morpholine rings is 1. The minimum absolute atomic E-state index is 0.0603. The summed E-state index contributed by atoms with van der Waals surface area (Å²) in [6.45, 7) is 5.54. The molecule has 1 aliphatic heterocycles. The third-order valence-electron chi connectivity index (χ3n) is 5.57. The maximum absolute atomic E-state index is 12.9. The Hall–Kier alpha value is -2.95. The van der Waals surface area contributed by atoms with Crippen LogP contribution in [0.15, 0.2) is 53.6 Å². The maximum Gasteiger partial charge on any atom is 0.417 e. The van der Waals surface area contributed by atoms with E-state index in [2.05, 4.69) is 20.3 Å². The van der Waals surface area contributed by atoms with E-state index in [0.717, 1.165) is 41.0 Å². The highest BCUT2D eigenvalue weighted by atomic mass is 35.5. The summed E-state index contributed by atoms with van der Waals surface area (Å²) in [5, 5.41) is 7.28. The molecule has 34 heavy (non-hydrogen) atoms. The number of rotatable bonds is 6. The molecule has 1 fully saturated rings. The molecule has 2 aromatic heterocycles. The number of hydrogen-bond donors (Lipinski definition) is 1. The van der Waals surface area contributed by atoms with E-state index in [9.17, 15) is 18.0 Å². The summed E-state index contributed by atoms with van der Waals surface area (Å²) in [4.78, 5) is 18.8. The summed E-state index contributed by atoms with van der Waals surface area (Å²) < 4.78 is 44.7. The van der Waals surface area contributed by atoms with Crippen molar-refractivity contribution in [3.05, 3.63) is 80.9 Å². The Bertz CT molecular complexity index is 1180. The fourth-order valence-corrected chi connectivity index (χ4v) is 3.82. The van der Waals surface area contributed by atoms with Crippen LogP contribution in [0.25, 0.3) is 5.82 Å². The van der Waals surface area contributed by atoms with Gasteiger partial charge in [0.2, 0.25) is 0 Å². The van der Waals surface area contributed by atoms with E-state index < -0.39 is 17.3 Å². The van der Waals surface area contributed by atoms with Crippen molar-refractivity contribution in [2.75, 3.05) is 38.2 Å². The number of halogens is 4. The second-order valence-electron chi connectivity index (χ2n) is 8.01. The summed E-state index contributed by atoms with van der Waals surface area (Å²) in [5.74, 6) is -0.0603. The predicted octanol–water partition coefficient (Wildman–Crippen LogP) is 4.09. The summed E-state index contributed by atoms with van der Waals surface area (Å²) in [6, 6.07) is 9.79. The lowest BCUT2D eigenvalue weighted by molar-refractivity contribution is -0.137. The smallest absolute Gasteiger partial charge is 0.379 e. The highest BCUT2D eigenvalue weighted by Crippen LogP contribution is 2.29. The van der Waals surface area contributed by atoms with E-state index in [4.69, 9.17) is 16.3 Å². The number of aromatic nitrogens is 3. The van der Waals surface area contributed by atoms with Crippen LogP contribution in [0.3, 0.4) is 0 Å². The molecule has 7 nitrogen and oxygen atoms in total. The molecular weight excluding hydrogens is 471 g/mol. The molecule has 0 saturated carbocycles. The zero-order valence-corrected chi connectivity index (χ0v) is 19.1. The van der Waals surface area contributed by atoms with Crippen LogP contribution in [0.4, 0.5) is 18.9 Å². The van der Waals surface area contributed by atoms with Crippen molar-refractivity contribution < 1.29 is 17.9 Å². The van der Waals surface area contributed by atoms with Crippen molar-refractivity contribution in [3.8, 4) is 5.82 Å². The van der Waals surface area contributed by atoms with E-state index in [1.165, 1.54) is 6.20 Å². The molecule has 0 amide bonds. The van der Waals surface area contributed by atoms with E-state index in [1.807, 2.05) is 31.2 Å². The molecule has 3 heterocycles. The third-order valence-corrected chi connectivity index (χ3v) is 5.93. The van der Waals surface area contributed by atoms with Gasteiger partial charge in [0.05, 0.1) is 36.7 Å². The third kappa shape index (κ3) is 5.57. The first-order valence-corrected chi connectivity index (χ1v) is 11.0. The van der Waals surface area contributed by atoms with Crippen molar-refractivity contribution in [1.29, 1.82) is 0 Å². The second kappa shape index (κ2) is 10.1. The molecule has 180 valence electrons. The van der Waals surface area contributed by atoms with Crippen LogP contribution in [-0.4, -0.2) is 52.5 Å². The molecule has 1 N–H and O–H groups in total. The standard InChI is InChI=1S/C23H23ClF3N5O2/c1-15-2-4-16(5-3-15)19(14-31-8-10-34-11-9-31)30-18-13-29-32(22(33)21(18)24)20-7-6-17(12-28-20)23(25,26)27/h2-7,12-13,19,30H,8-11,14H2,1H3. The van der Waals surface area contributed by atoms with Gasteiger partial charge < -0.3 is 10.1 Å². The topological polar surface area (TPSA) is 72.3 Å². The molecule has 1 atom stereocenters. The molecule has 0 radical (unpaired) electrons. The Morgan fingerprint density at radius 3 is 2.44 bits per heavy atom. The van der Waals surface area contributed by atoms with Gasteiger partial charge >= 0.3 is 6.18 Å². The van der Waals surface area contributed by atoms with Gasteiger partial charge in [-0.05, 0) is 24.6 Å². The maximum atomic E-state index is 12.9. The molecule has 0 aliphatic carbocycles. The lowest BCUT2D eigenvalue weighted by atomic mass is 10.0. The van der Waals surface area contributed by atoms with Gasteiger partial charge in [0.25, 0.3) is 5.56 Å². The van der Waals surface area contributed by atoms with Gasteiger partial charge in [-0.3, -0.25) is 9.69 Å². The first-order chi connectivity index (χ1) is 16.2. The van der Waals surface area contributed by atoms with Crippen LogP contribution in [0.5, 0.6) is 0 Å². The molecule has 1 aliphatic rings. The Balaban J connectivity index is 1.61. The number of pyridine rings is 1. The normalized spacial score (nSPS) is 15.8. The lowest BCUT2D eigenvalue weighted by Gasteiger charge is -2.31. The van der Waals surface area contributed by atoms with Crippen molar-refractivity contribution in [2.24, 2.45) is 0 Å². The van der Waals surface area contributed by atoms with Gasteiger partial charge in [-0.2, -0.15) is 23.0 Å². The van der Waals surface area contributed by atoms with Crippen LogP contribution in [-0.2, 0) is 10.9 Å². The number of nitrogens with one attached hydrogen (secondary N) is 1. The van der Waals surface area contributed by atoms with Gasteiger partial charge in [0, 0.05) is 25.8 Å². The van der Waals surface area contributed by atoms with Crippen molar-refractivity contribution in [1.82, 2.24) is 19.7 Å². The monoisotopic (exact) mass is 493 g/mol. The fourth-order valence-electron chi connectivity index (χ4n) is 3.64. The molecule has 11 heteroatoms. The molecule has 3 aromatic rings. The van der Waals surface area contributed by atoms with Crippen LogP contribution >= 0.6 is 11.6 Å². The van der Waals surface area contributed by atoms with Crippen LogP contribution in [0, 0.1) is 6.92 Å². The number of ether oxygens (including phenoxy) is 1. The van der Waals surface area contributed by atoms with Crippen LogP contribution in [0.2, 0.25) is 5.02 Å². The second-order valence-corrected chi connectivity index (χ2v) is 8.39. The van der Waals surface area contributed by atoms with Crippen molar-refractivity contribution >= 4 is 17.3 Å². The summed E-state index contributed by atoms with van der Waals surface area (Å²) in [5.41, 5.74) is 0.862. The molecule has 1 saturated heterocycles. The molecule has 0 spiro atoms. The van der Waals surface area contributed by atoms with Gasteiger partial charge in [0.1, 0.15) is 5.02 Å². The Labute approximate surface area is 199 Å². The SMILES string of the molecule is Cc1ccc(C(CN2CCOCC2)Nc2cnn(-c3ccc(C(F)(F)F)cn3)c(=O)c2Cl)cc1. The van der Waals surface area contributed by atoms with E-state index in [0.29, 0.717) is 31.6 Å². The molecule has 4 rings (SSSR count). The largest absolute Gasteiger partial charge is 0.417 e. The number of aryl methyl sites for hydroxylation is 1. The van der Waals surface area contributed by atoms with Crippen LogP contribution in [0.1, 0.15) is 22.7 Å². The summed E-state index contributed by atoms with van der Waals surface area (Å²) in [6.07, 6.45) is -2.50. The fraction of sp³-hybridized carbons (Fsp3) is 0.348. The molecule has 1 aromatic carbocycles. The zero-order valence-electron chi connectivity index (χ0n) is 18.3. The lowest BCUT2D eigenvalue weighted by Crippen LogP contribution is -2.40. The Morgan fingerprint density at radius 1 is 1.12 bits per heavy atom. The predicted molar refractivity (Wildman–Crippen MR) is 122 cm³/mol. The number of benzene rings is 1. The highest BCUT2D eigenvalue weighted by molar-refractivity contribution is 6.33. The highest BCUT2D eigenvalue weighted by Gasteiger charge is 2.31. The molecule has 0 bridgehead atoms. The van der Waals surface area contributed by atoms with E-state index >= 15 is 0 Å². The first-order valence-electron chi connectivity index (χ1n) is 10.7.